The summed E-state index contributed by atoms with van der Waals surface area (Å²) >= 11 is 1.46. The number of carbonyl (C=O) groups is 2. The van der Waals surface area contributed by atoms with E-state index in [1.165, 1.54) is 11.8 Å². The van der Waals surface area contributed by atoms with E-state index in [1.807, 2.05) is 17.2 Å². The molecule has 7 heteroatoms. The van der Waals surface area contributed by atoms with Gasteiger partial charge in [0.25, 0.3) is 5.91 Å². The second-order valence-corrected chi connectivity index (χ2v) is 7.18. The highest BCUT2D eigenvalue weighted by molar-refractivity contribution is 7.98. The number of rotatable bonds is 6. The van der Waals surface area contributed by atoms with Gasteiger partial charge >= 0.3 is 0 Å². The van der Waals surface area contributed by atoms with Crippen LogP contribution in [0.4, 0.5) is 0 Å². The Bertz CT molecular complexity index is 797. The molecule has 1 aliphatic heterocycles. The molecule has 1 fully saturated rings. The summed E-state index contributed by atoms with van der Waals surface area (Å²) in [7, 11) is 0. The zero-order valence-corrected chi connectivity index (χ0v) is 16.1. The number of pyridine rings is 1. The predicted octanol–water partition coefficient (Wildman–Crippen LogP) is 3.08. The molecule has 0 aromatic carbocycles. The summed E-state index contributed by atoms with van der Waals surface area (Å²) in [5.41, 5.74) is 0.612. The molecule has 0 atom stereocenters. The molecule has 0 saturated carbocycles. The van der Waals surface area contributed by atoms with Crippen molar-refractivity contribution in [3.63, 3.8) is 0 Å². The lowest BCUT2D eigenvalue weighted by Crippen LogP contribution is -2.41. The van der Waals surface area contributed by atoms with Gasteiger partial charge < -0.3 is 14.6 Å². The highest BCUT2D eigenvalue weighted by atomic mass is 32.2. The van der Waals surface area contributed by atoms with Gasteiger partial charge in [-0.1, -0.05) is 0 Å². The number of thioether (sulfide) groups is 1. The zero-order valence-electron chi connectivity index (χ0n) is 15.3. The van der Waals surface area contributed by atoms with Crippen molar-refractivity contribution < 1.29 is 14.0 Å². The average molecular weight is 385 g/mol. The van der Waals surface area contributed by atoms with Crippen molar-refractivity contribution in [2.45, 2.75) is 17.9 Å². The molecule has 1 N–H and O–H groups in total. The summed E-state index contributed by atoms with van der Waals surface area (Å²) in [5, 5.41) is 3.74. The smallest absolute Gasteiger partial charge is 0.254 e. The van der Waals surface area contributed by atoms with E-state index in [0.29, 0.717) is 36.9 Å². The number of nitrogens with zero attached hydrogens (tertiary/aromatic N) is 2. The predicted molar refractivity (Wildman–Crippen MR) is 105 cm³/mol. The Morgan fingerprint density at radius 2 is 2.15 bits per heavy atom. The van der Waals surface area contributed by atoms with Crippen molar-refractivity contribution in [3.05, 3.63) is 54.1 Å². The number of nitrogens with one attached hydrogen (secondary N) is 1. The topological polar surface area (TPSA) is 75.4 Å². The molecule has 3 rings (SSSR count). The quantitative estimate of drug-likeness (QED) is 0.611. The Morgan fingerprint density at radius 3 is 2.85 bits per heavy atom. The minimum absolute atomic E-state index is 0.00569. The first-order valence-electron chi connectivity index (χ1n) is 8.95. The SMILES string of the molecule is CSc1ncccc1C(=O)NCC1CCN(C(=O)/C=C/c2ccco2)CC1. The molecule has 142 valence electrons. The number of piperidine rings is 1. The van der Waals surface area contributed by atoms with Crippen LogP contribution < -0.4 is 5.32 Å². The van der Waals surface area contributed by atoms with Gasteiger partial charge in [-0.05, 0) is 55.4 Å². The average Bonchev–Trinajstić information content (AvgIpc) is 3.24. The summed E-state index contributed by atoms with van der Waals surface area (Å²) in [4.78, 5) is 30.7. The number of likely N-dealkylation sites (tertiary alicyclic amines) is 1. The van der Waals surface area contributed by atoms with E-state index in [9.17, 15) is 9.59 Å². The lowest BCUT2D eigenvalue weighted by Gasteiger charge is -2.31. The van der Waals surface area contributed by atoms with E-state index < -0.39 is 0 Å². The lowest BCUT2D eigenvalue weighted by molar-refractivity contribution is -0.127. The van der Waals surface area contributed by atoms with Crippen LogP contribution in [0.5, 0.6) is 0 Å². The van der Waals surface area contributed by atoms with Gasteiger partial charge in [-0.3, -0.25) is 9.59 Å². The molecule has 0 aliphatic carbocycles. The third-order valence-electron chi connectivity index (χ3n) is 4.62. The third kappa shape index (κ3) is 5.23. The summed E-state index contributed by atoms with van der Waals surface area (Å²) in [6.45, 7) is 2.02. The van der Waals surface area contributed by atoms with Crippen molar-refractivity contribution in [1.82, 2.24) is 15.2 Å². The maximum atomic E-state index is 12.4. The number of aromatic nitrogens is 1. The fourth-order valence-corrected chi connectivity index (χ4v) is 3.61. The van der Waals surface area contributed by atoms with Gasteiger partial charge in [0.15, 0.2) is 0 Å². The molecule has 0 bridgehead atoms. The van der Waals surface area contributed by atoms with Gasteiger partial charge in [0.05, 0.1) is 11.8 Å². The Balaban J connectivity index is 1.44. The monoisotopic (exact) mass is 385 g/mol. The second kappa shape index (κ2) is 9.41. The summed E-state index contributed by atoms with van der Waals surface area (Å²) in [6.07, 6.45) is 10.2. The van der Waals surface area contributed by atoms with Crippen molar-refractivity contribution in [3.8, 4) is 0 Å². The summed E-state index contributed by atoms with van der Waals surface area (Å²) in [5.74, 6) is 0.948. The minimum Gasteiger partial charge on any atom is -0.465 e. The van der Waals surface area contributed by atoms with E-state index in [-0.39, 0.29) is 11.8 Å². The molecule has 0 radical (unpaired) electrons. The van der Waals surface area contributed by atoms with Crippen LogP contribution in [0.1, 0.15) is 29.0 Å². The van der Waals surface area contributed by atoms with Crippen molar-refractivity contribution in [1.29, 1.82) is 0 Å². The first kappa shape index (κ1) is 19.2. The Morgan fingerprint density at radius 1 is 1.33 bits per heavy atom. The molecule has 2 aromatic heterocycles. The molecule has 0 unspecified atom stereocenters. The number of hydrogen-bond donors (Lipinski definition) is 1. The van der Waals surface area contributed by atoms with Crippen molar-refractivity contribution in [2.75, 3.05) is 25.9 Å². The van der Waals surface area contributed by atoms with Gasteiger partial charge in [-0.2, -0.15) is 0 Å². The number of carbonyl (C=O) groups excluding carboxylic acids is 2. The first-order chi connectivity index (χ1) is 13.2. The van der Waals surface area contributed by atoms with E-state index in [2.05, 4.69) is 10.3 Å². The van der Waals surface area contributed by atoms with Gasteiger partial charge in [0.2, 0.25) is 5.91 Å². The van der Waals surface area contributed by atoms with E-state index >= 15 is 0 Å². The highest BCUT2D eigenvalue weighted by Gasteiger charge is 2.22. The normalized spacial score (nSPS) is 15.2. The van der Waals surface area contributed by atoms with E-state index in [1.54, 1.807) is 42.8 Å². The van der Waals surface area contributed by atoms with Gasteiger partial charge in [0.1, 0.15) is 10.8 Å². The fraction of sp³-hybridized carbons (Fsp3) is 0.350. The minimum atomic E-state index is -0.0904. The van der Waals surface area contributed by atoms with Gasteiger partial charge in [-0.25, -0.2) is 4.98 Å². The number of amides is 2. The van der Waals surface area contributed by atoms with Crippen LogP contribution in [0.15, 0.2) is 52.2 Å². The molecule has 1 saturated heterocycles. The highest BCUT2D eigenvalue weighted by Crippen LogP contribution is 2.19. The maximum absolute atomic E-state index is 12.4. The Labute approximate surface area is 163 Å². The molecule has 0 spiro atoms. The van der Waals surface area contributed by atoms with Crippen LogP contribution in [0.3, 0.4) is 0 Å². The molecule has 27 heavy (non-hydrogen) atoms. The van der Waals surface area contributed by atoms with Crippen LogP contribution in [0.25, 0.3) is 6.08 Å². The van der Waals surface area contributed by atoms with Crippen LogP contribution >= 0.6 is 11.8 Å². The Kier molecular flexibility index (Phi) is 6.70. The summed E-state index contributed by atoms with van der Waals surface area (Å²) < 4.78 is 5.19. The van der Waals surface area contributed by atoms with Crippen LogP contribution in [-0.2, 0) is 4.79 Å². The molecule has 3 heterocycles. The van der Waals surface area contributed by atoms with Gasteiger partial charge in [0, 0.05) is 31.9 Å². The molecular weight excluding hydrogens is 362 g/mol. The number of furan rings is 1. The van der Waals surface area contributed by atoms with Crippen molar-refractivity contribution >= 4 is 29.7 Å². The molecule has 2 amide bonds. The summed E-state index contributed by atoms with van der Waals surface area (Å²) in [6, 6.07) is 7.16. The Hall–Kier alpha value is -2.54. The van der Waals surface area contributed by atoms with E-state index in [4.69, 9.17) is 4.42 Å². The van der Waals surface area contributed by atoms with Crippen LogP contribution in [0.2, 0.25) is 0 Å². The fourth-order valence-electron chi connectivity index (χ4n) is 3.06. The lowest BCUT2D eigenvalue weighted by atomic mass is 9.96. The molecule has 2 aromatic rings. The maximum Gasteiger partial charge on any atom is 0.254 e. The van der Waals surface area contributed by atoms with Crippen molar-refractivity contribution in [2.24, 2.45) is 5.92 Å². The molecular formula is C20H23N3O3S. The van der Waals surface area contributed by atoms with Crippen LogP contribution in [-0.4, -0.2) is 47.6 Å². The standard InChI is InChI=1S/C20H23N3O3S/c1-27-20-17(5-2-10-21-20)19(25)22-14-15-8-11-23(12-9-15)18(24)7-6-16-4-3-13-26-16/h2-7,10,13,15H,8-9,11-12,14H2,1H3,(H,22,25)/b7-6+. The van der Waals surface area contributed by atoms with Crippen LogP contribution in [0, 0.1) is 5.92 Å². The molecule has 6 nitrogen and oxygen atoms in total. The molecule has 1 aliphatic rings. The zero-order chi connectivity index (χ0) is 19.1. The second-order valence-electron chi connectivity index (χ2n) is 6.39. The number of hydrogen-bond acceptors (Lipinski definition) is 5. The third-order valence-corrected chi connectivity index (χ3v) is 5.33. The van der Waals surface area contributed by atoms with E-state index in [0.717, 1.165) is 17.9 Å². The van der Waals surface area contributed by atoms with Gasteiger partial charge in [-0.15, -0.1) is 11.8 Å². The largest absolute Gasteiger partial charge is 0.465 e. The first-order valence-corrected chi connectivity index (χ1v) is 10.2.